The molecule has 55 heavy (non-hydrogen) atoms. The molecule has 288 valence electrons. The molecule has 21 nitrogen and oxygen atoms in total. The quantitative estimate of drug-likeness (QED) is 0.0525. The van der Waals surface area contributed by atoms with Crippen molar-refractivity contribution in [3.63, 3.8) is 0 Å². The molecular formula is C34H26O21. The number of esters is 3. The highest BCUT2D eigenvalue weighted by molar-refractivity contribution is 6.09. The van der Waals surface area contributed by atoms with Gasteiger partial charge in [-0.2, -0.15) is 4.89 Å². The number of aromatic hydroxyl groups is 12. The molecule has 0 amide bonds. The number of carbonyl (C=O) groups is 3. The Morgan fingerprint density at radius 2 is 0.891 bits per heavy atom. The molecule has 1 saturated heterocycles. The highest BCUT2D eigenvalue weighted by atomic mass is 17.2. The molecule has 3 aliphatic rings. The smallest absolute Gasteiger partial charge is 0.339 e. The van der Waals surface area contributed by atoms with Crippen LogP contribution in [0.4, 0.5) is 0 Å². The molecule has 1 fully saturated rings. The van der Waals surface area contributed by atoms with Gasteiger partial charge in [0.25, 0.3) is 0 Å². The van der Waals surface area contributed by atoms with Crippen molar-refractivity contribution in [2.45, 2.75) is 37.4 Å². The lowest BCUT2D eigenvalue weighted by atomic mass is 9.90. The van der Waals surface area contributed by atoms with Crippen LogP contribution in [0, 0.1) is 0 Å². The Labute approximate surface area is 304 Å². The molecule has 21 heteroatoms. The standard InChI is InChI=1S/C34H26O21/c1-7-29-31(53-34(49)10-4-13(37)22(40)26(44)18(10)17-9(33(48)52-29)3-12(36)21(39)25(17)43)30-16(51-7)6-50-32(47)8-2-11(35)23(41)27(45)19(8)20-15(54-55-30)5-14(38)24(42)28(20)46/h2-5,7,16,29-31,35-46H,6H2,1H3/t7-,16?,29?,30+,31+/m0/s1. The number of hydrogen-bond donors (Lipinski definition) is 12. The predicted molar refractivity (Wildman–Crippen MR) is 172 cm³/mol. The third-order valence-electron chi connectivity index (χ3n) is 9.12. The van der Waals surface area contributed by atoms with Crippen LogP contribution in [0.3, 0.4) is 0 Å². The zero-order valence-corrected chi connectivity index (χ0v) is 27.4. The predicted octanol–water partition coefficient (Wildman–Crippen LogP) is 1.89. The van der Waals surface area contributed by atoms with Crippen molar-refractivity contribution in [2.24, 2.45) is 0 Å². The van der Waals surface area contributed by atoms with Crippen molar-refractivity contribution < 1.29 is 104 Å². The summed E-state index contributed by atoms with van der Waals surface area (Å²) in [5, 5.41) is 126. The Kier molecular flexibility index (Phi) is 8.27. The SMILES string of the molecule is C[C@@H]1OC2COC(=O)c3cc(O)c(O)c(O)c3-c3c(cc(O)c(O)c3O)OO[C@H]2[C@@H]2OC(=O)c3cc(O)c(O)c(O)c3-c3c(cc(O)c(O)c3O)C(=O)OC12. The maximum absolute atomic E-state index is 14.0. The van der Waals surface area contributed by atoms with Gasteiger partial charge < -0.3 is 85.1 Å². The highest BCUT2D eigenvalue weighted by Gasteiger charge is 2.53. The van der Waals surface area contributed by atoms with Gasteiger partial charge in [0.1, 0.15) is 12.7 Å². The fourth-order valence-electron chi connectivity index (χ4n) is 6.47. The molecule has 4 aromatic rings. The molecule has 12 N–H and O–H groups in total. The average Bonchev–Trinajstić information content (AvgIpc) is 3.16. The van der Waals surface area contributed by atoms with Gasteiger partial charge in [-0.1, -0.05) is 0 Å². The van der Waals surface area contributed by atoms with E-state index < -0.39 is 169 Å². The van der Waals surface area contributed by atoms with Crippen molar-refractivity contribution in [2.75, 3.05) is 6.61 Å². The number of ether oxygens (including phenoxy) is 4. The first-order valence-electron chi connectivity index (χ1n) is 15.6. The number of phenolic OH excluding ortho intramolecular Hbond substituents is 12. The molecule has 0 bridgehead atoms. The lowest BCUT2D eigenvalue weighted by molar-refractivity contribution is -0.329. The third-order valence-corrected chi connectivity index (χ3v) is 9.12. The molecule has 0 radical (unpaired) electrons. The summed E-state index contributed by atoms with van der Waals surface area (Å²) in [6.45, 7) is 0.454. The van der Waals surface area contributed by atoms with Crippen molar-refractivity contribution in [1.82, 2.24) is 0 Å². The second-order valence-electron chi connectivity index (χ2n) is 12.4. The summed E-state index contributed by atoms with van der Waals surface area (Å²) in [5.41, 5.74) is -5.80. The zero-order valence-electron chi connectivity index (χ0n) is 27.4. The maximum atomic E-state index is 14.0. The number of fused-ring (bicyclic) bond motifs is 9. The maximum Gasteiger partial charge on any atom is 0.339 e. The molecule has 0 aliphatic carbocycles. The van der Waals surface area contributed by atoms with Crippen molar-refractivity contribution in [3.8, 4) is 97.0 Å². The Morgan fingerprint density at radius 1 is 0.491 bits per heavy atom. The van der Waals surface area contributed by atoms with Crippen LogP contribution < -0.4 is 4.89 Å². The molecule has 3 aliphatic heterocycles. The number of rotatable bonds is 0. The highest BCUT2D eigenvalue weighted by Crippen LogP contribution is 2.56. The second kappa shape index (κ2) is 12.6. The van der Waals surface area contributed by atoms with E-state index >= 15 is 0 Å². The van der Waals surface area contributed by atoms with E-state index in [1.54, 1.807) is 0 Å². The number of carbonyl (C=O) groups excluding carboxylic acids is 3. The van der Waals surface area contributed by atoms with Crippen LogP contribution in [0.15, 0.2) is 24.3 Å². The topological polar surface area (TPSA) is 349 Å². The minimum atomic E-state index is -1.93. The van der Waals surface area contributed by atoms with Crippen LogP contribution >= 0.6 is 0 Å². The molecule has 0 aromatic heterocycles. The van der Waals surface area contributed by atoms with Gasteiger partial charge in [0.15, 0.2) is 70.1 Å². The van der Waals surface area contributed by atoms with Crippen molar-refractivity contribution in [1.29, 1.82) is 0 Å². The molecule has 7 rings (SSSR count). The van der Waals surface area contributed by atoms with Crippen LogP contribution in [0.2, 0.25) is 0 Å². The van der Waals surface area contributed by atoms with Gasteiger partial charge in [0.05, 0.1) is 28.4 Å². The Morgan fingerprint density at radius 3 is 1.38 bits per heavy atom. The van der Waals surface area contributed by atoms with Crippen LogP contribution in [0.25, 0.3) is 22.3 Å². The van der Waals surface area contributed by atoms with Gasteiger partial charge in [-0.25, -0.2) is 14.4 Å². The minimum Gasteiger partial charge on any atom is -0.504 e. The molecule has 4 aromatic carbocycles. The lowest BCUT2D eigenvalue weighted by Gasteiger charge is -2.43. The summed E-state index contributed by atoms with van der Waals surface area (Å²) in [4.78, 5) is 52.5. The first-order valence-corrected chi connectivity index (χ1v) is 15.6. The summed E-state index contributed by atoms with van der Waals surface area (Å²) in [7, 11) is 0. The van der Waals surface area contributed by atoms with Gasteiger partial charge in [-0.15, -0.1) is 0 Å². The number of cyclic esters (lactones) is 1. The van der Waals surface area contributed by atoms with E-state index in [1.807, 2.05) is 0 Å². The van der Waals surface area contributed by atoms with Gasteiger partial charge >= 0.3 is 17.9 Å². The summed E-state index contributed by atoms with van der Waals surface area (Å²) >= 11 is 0. The summed E-state index contributed by atoms with van der Waals surface area (Å²) in [6.07, 6.45) is -8.49. The normalized spacial score (nSPS) is 22.0. The van der Waals surface area contributed by atoms with E-state index in [2.05, 4.69) is 0 Å². The summed E-state index contributed by atoms with van der Waals surface area (Å²) in [6, 6.07) is 2.42. The Balaban J connectivity index is 1.41. The average molecular weight is 771 g/mol. The number of phenols is 12. The van der Waals surface area contributed by atoms with Crippen LogP contribution in [-0.2, 0) is 23.8 Å². The molecular weight excluding hydrogens is 744 g/mol. The molecule has 2 unspecified atom stereocenters. The number of benzene rings is 4. The zero-order chi connectivity index (χ0) is 39.9. The van der Waals surface area contributed by atoms with Gasteiger partial charge in [-0.3, -0.25) is 0 Å². The largest absolute Gasteiger partial charge is 0.504 e. The summed E-state index contributed by atoms with van der Waals surface area (Å²) in [5.74, 6) is -19.4. The number of hydrogen-bond acceptors (Lipinski definition) is 21. The third kappa shape index (κ3) is 5.44. The van der Waals surface area contributed by atoms with Crippen LogP contribution in [0.5, 0.6) is 74.7 Å². The van der Waals surface area contributed by atoms with E-state index in [4.69, 9.17) is 28.7 Å². The lowest BCUT2D eigenvalue weighted by Crippen LogP contribution is -2.61. The van der Waals surface area contributed by atoms with E-state index in [0.717, 1.165) is 0 Å². The van der Waals surface area contributed by atoms with Crippen molar-refractivity contribution in [3.05, 3.63) is 41.0 Å². The van der Waals surface area contributed by atoms with Crippen LogP contribution in [-0.4, -0.2) is 116 Å². The van der Waals surface area contributed by atoms with Crippen LogP contribution in [0.1, 0.15) is 38.0 Å². The Hall–Kier alpha value is -7.39. The van der Waals surface area contributed by atoms with E-state index in [-0.39, 0.29) is 0 Å². The first-order chi connectivity index (χ1) is 25.9. The second-order valence-corrected chi connectivity index (χ2v) is 12.4. The van der Waals surface area contributed by atoms with Crippen molar-refractivity contribution >= 4 is 17.9 Å². The summed E-state index contributed by atoms with van der Waals surface area (Å²) < 4.78 is 22.7. The Bertz CT molecular complexity index is 2350. The van der Waals surface area contributed by atoms with E-state index in [9.17, 15) is 75.7 Å². The monoisotopic (exact) mass is 770 g/mol. The van der Waals surface area contributed by atoms with E-state index in [0.29, 0.717) is 24.3 Å². The fraction of sp³-hybridized carbons (Fsp3) is 0.206. The molecule has 0 saturated carbocycles. The molecule has 3 heterocycles. The first kappa shape index (κ1) is 36.0. The minimum absolute atomic E-state index is 0.571. The van der Waals surface area contributed by atoms with E-state index in [1.165, 1.54) is 6.92 Å². The molecule has 5 atom stereocenters. The van der Waals surface area contributed by atoms with Gasteiger partial charge in [-0.05, 0) is 25.1 Å². The molecule has 0 spiro atoms. The van der Waals surface area contributed by atoms with Gasteiger partial charge in [0.2, 0.25) is 23.0 Å². The van der Waals surface area contributed by atoms with Gasteiger partial charge in [0, 0.05) is 22.8 Å². The fourth-order valence-corrected chi connectivity index (χ4v) is 6.47.